The average molecular weight is 419 g/mol. The molecule has 0 radical (unpaired) electrons. The van der Waals surface area contributed by atoms with Gasteiger partial charge in [0.25, 0.3) is 0 Å². The van der Waals surface area contributed by atoms with E-state index in [0.717, 1.165) is 38.3 Å². The van der Waals surface area contributed by atoms with Gasteiger partial charge in [0, 0.05) is 39.0 Å². The third-order valence-electron chi connectivity index (χ3n) is 5.04. The number of amides is 1. The van der Waals surface area contributed by atoms with Crippen molar-refractivity contribution in [2.75, 3.05) is 24.5 Å². The van der Waals surface area contributed by atoms with E-state index in [1.165, 1.54) is 17.5 Å². The lowest BCUT2D eigenvalue weighted by Crippen LogP contribution is -2.41. The fourth-order valence-corrected chi connectivity index (χ4v) is 3.58. The number of rotatable bonds is 4. The second kappa shape index (κ2) is 7.88. The zero-order valence-electron chi connectivity index (χ0n) is 16.2. The van der Waals surface area contributed by atoms with Crippen LogP contribution in [0.1, 0.15) is 25.5 Å². The molecular weight excluding hydrogens is 399 g/mol. The summed E-state index contributed by atoms with van der Waals surface area (Å²) >= 11 is 0. The lowest BCUT2D eigenvalue weighted by atomic mass is 9.98. The van der Waals surface area contributed by atoms with E-state index in [-0.39, 0.29) is 17.4 Å². The Labute approximate surface area is 170 Å². The van der Waals surface area contributed by atoms with Crippen molar-refractivity contribution in [2.45, 2.75) is 25.9 Å². The van der Waals surface area contributed by atoms with Crippen LogP contribution in [0.3, 0.4) is 0 Å². The quantitative estimate of drug-likeness (QED) is 0.699. The number of anilines is 1. The molecule has 0 aliphatic carbocycles. The molecular formula is C19H20F3N7O. The first-order valence-corrected chi connectivity index (χ1v) is 9.54. The van der Waals surface area contributed by atoms with Crippen LogP contribution >= 0.6 is 0 Å². The van der Waals surface area contributed by atoms with Crippen LogP contribution in [0.15, 0.2) is 30.9 Å². The number of nitrogens with one attached hydrogen (secondary N) is 1. The summed E-state index contributed by atoms with van der Waals surface area (Å²) in [6.07, 6.45) is 2.40. The minimum Gasteiger partial charge on any atom is -0.356 e. The average Bonchev–Trinajstić information content (AvgIpc) is 3.15. The Morgan fingerprint density at radius 2 is 2.10 bits per heavy atom. The molecule has 0 bridgehead atoms. The van der Waals surface area contributed by atoms with Gasteiger partial charge in [-0.1, -0.05) is 0 Å². The zero-order valence-corrected chi connectivity index (χ0v) is 16.2. The number of hydrogen-bond acceptors (Lipinski definition) is 6. The van der Waals surface area contributed by atoms with Crippen molar-refractivity contribution in [3.8, 4) is 11.5 Å². The molecule has 1 unspecified atom stereocenters. The van der Waals surface area contributed by atoms with Crippen molar-refractivity contribution < 1.29 is 18.0 Å². The highest BCUT2D eigenvalue weighted by atomic mass is 19.4. The van der Waals surface area contributed by atoms with E-state index in [9.17, 15) is 18.0 Å². The largest absolute Gasteiger partial charge is 0.434 e. The van der Waals surface area contributed by atoms with Crippen molar-refractivity contribution in [1.29, 1.82) is 0 Å². The first-order chi connectivity index (χ1) is 14.3. The molecule has 0 saturated carbocycles. The molecule has 1 aliphatic heterocycles. The van der Waals surface area contributed by atoms with E-state index in [2.05, 4.69) is 30.2 Å². The molecule has 1 atom stereocenters. The second-order valence-electron chi connectivity index (χ2n) is 7.27. The molecule has 1 amide bonds. The van der Waals surface area contributed by atoms with Gasteiger partial charge in [-0.05, 0) is 24.8 Å². The Balaban J connectivity index is 1.61. The number of piperidine rings is 1. The van der Waals surface area contributed by atoms with Crippen LogP contribution in [0.25, 0.3) is 17.2 Å². The highest BCUT2D eigenvalue weighted by molar-refractivity contribution is 5.72. The van der Waals surface area contributed by atoms with Gasteiger partial charge in [-0.2, -0.15) is 13.2 Å². The minimum atomic E-state index is -4.56. The van der Waals surface area contributed by atoms with Crippen LogP contribution in [0, 0.1) is 5.92 Å². The lowest BCUT2D eigenvalue weighted by molar-refractivity contribution is -0.141. The molecule has 4 heterocycles. The molecule has 11 heteroatoms. The number of carbonyl (C=O) groups excluding carboxylic acids is 1. The van der Waals surface area contributed by atoms with Crippen LogP contribution in [-0.4, -0.2) is 49.9 Å². The van der Waals surface area contributed by atoms with Crippen LogP contribution in [-0.2, 0) is 11.0 Å². The fraction of sp³-hybridized carbons (Fsp3) is 0.421. The fourth-order valence-electron chi connectivity index (χ4n) is 3.58. The highest BCUT2D eigenvalue weighted by Crippen LogP contribution is 2.29. The molecule has 1 aliphatic rings. The van der Waals surface area contributed by atoms with Crippen LogP contribution in [0.5, 0.6) is 0 Å². The summed E-state index contributed by atoms with van der Waals surface area (Å²) in [4.78, 5) is 29.6. The van der Waals surface area contributed by atoms with Gasteiger partial charge in [-0.15, -0.1) is 0 Å². The number of nitrogens with zero attached hydrogens (tertiary/aromatic N) is 6. The van der Waals surface area contributed by atoms with Gasteiger partial charge < -0.3 is 10.2 Å². The molecule has 1 fully saturated rings. The van der Waals surface area contributed by atoms with E-state index >= 15 is 0 Å². The van der Waals surface area contributed by atoms with Crippen molar-refractivity contribution in [2.24, 2.45) is 5.92 Å². The normalized spacial score (nSPS) is 17.3. The standard InChI is InChI=1S/C19H20F3N7O/c1-12(30)24-7-13-3-2-6-28(10-13)16-4-5-23-18(27-16)14-8-26-17-9-25-15(11-29(14)17)19(20,21)22/h4-5,8-9,11,13H,2-3,6-7,10H2,1H3,(H,24,30). The van der Waals surface area contributed by atoms with Gasteiger partial charge in [0.15, 0.2) is 17.2 Å². The van der Waals surface area contributed by atoms with E-state index in [1.807, 2.05) is 0 Å². The predicted molar refractivity (Wildman–Crippen MR) is 103 cm³/mol. The van der Waals surface area contributed by atoms with Crippen molar-refractivity contribution >= 4 is 17.4 Å². The molecule has 1 saturated heterocycles. The van der Waals surface area contributed by atoms with E-state index in [0.29, 0.717) is 24.0 Å². The summed E-state index contributed by atoms with van der Waals surface area (Å²) in [5.41, 5.74) is -0.380. The molecule has 1 N–H and O–H groups in total. The number of halogens is 3. The van der Waals surface area contributed by atoms with E-state index in [1.54, 1.807) is 12.3 Å². The maximum atomic E-state index is 13.1. The van der Waals surface area contributed by atoms with Gasteiger partial charge in [-0.3, -0.25) is 9.20 Å². The second-order valence-corrected chi connectivity index (χ2v) is 7.27. The van der Waals surface area contributed by atoms with Crippen LogP contribution in [0.4, 0.5) is 19.0 Å². The summed E-state index contributed by atoms with van der Waals surface area (Å²) < 4.78 is 40.5. The van der Waals surface area contributed by atoms with Gasteiger partial charge in [-0.25, -0.2) is 19.9 Å². The van der Waals surface area contributed by atoms with Crippen molar-refractivity contribution in [3.05, 3.63) is 36.5 Å². The molecule has 158 valence electrons. The molecule has 3 aromatic heterocycles. The minimum absolute atomic E-state index is 0.0585. The number of carbonyl (C=O) groups is 1. The van der Waals surface area contributed by atoms with E-state index in [4.69, 9.17) is 0 Å². The first kappa shape index (κ1) is 20.0. The molecule has 4 rings (SSSR count). The Morgan fingerprint density at radius 3 is 2.87 bits per heavy atom. The summed E-state index contributed by atoms with van der Waals surface area (Å²) in [6, 6.07) is 1.77. The zero-order chi connectivity index (χ0) is 21.3. The van der Waals surface area contributed by atoms with Crippen molar-refractivity contribution in [1.82, 2.24) is 29.7 Å². The number of hydrogen-bond donors (Lipinski definition) is 1. The Bertz CT molecular complexity index is 1070. The molecule has 0 spiro atoms. The van der Waals surface area contributed by atoms with Crippen LogP contribution < -0.4 is 10.2 Å². The number of imidazole rings is 1. The third-order valence-corrected chi connectivity index (χ3v) is 5.04. The van der Waals surface area contributed by atoms with Gasteiger partial charge in [0.1, 0.15) is 11.5 Å². The number of fused-ring (bicyclic) bond motifs is 1. The summed E-state index contributed by atoms with van der Waals surface area (Å²) in [7, 11) is 0. The smallest absolute Gasteiger partial charge is 0.356 e. The third kappa shape index (κ3) is 4.19. The molecule has 30 heavy (non-hydrogen) atoms. The first-order valence-electron chi connectivity index (χ1n) is 9.54. The maximum absolute atomic E-state index is 13.1. The van der Waals surface area contributed by atoms with Gasteiger partial charge >= 0.3 is 6.18 Å². The lowest BCUT2D eigenvalue weighted by Gasteiger charge is -2.33. The SMILES string of the molecule is CC(=O)NCC1CCCN(c2ccnc(-c3cnc4cnc(C(F)(F)F)cn34)n2)C1. The topological polar surface area (TPSA) is 88.3 Å². The monoisotopic (exact) mass is 419 g/mol. The molecule has 3 aromatic rings. The Kier molecular flexibility index (Phi) is 5.27. The highest BCUT2D eigenvalue weighted by Gasteiger charge is 2.33. The maximum Gasteiger partial charge on any atom is 0.434 e. The van der Waals surface area contributed by atoms with Crippen molar-refractivity contribution in [3.63, 3.8) is 0 Å². The summed E-state index contributed by atoms with van der Waals surface area (Å²) in [6.45, 7) is 3.63. The summed E-state index contributed by atoms with van der Waals surface area (Å²) in [5.74, 6) is 1.21. The Hall–Kier alpha value is -3.24. The predicted octanol–water partition coefficient (Wildman–Crippen LogP) is 2.56. The Morgan fingerprint density at radius 1 is 1.27 bits per heavy atom. The van der Waals surface area contributed by atoms with Gasteiger partial charge in [0.2, 0.25) is 5.91 Å². The summed E-state index contributed by atoms with van der Waals surface area (Å²) in [5, 5.41) is 2.85. The molecule has 0 aromatic carbocycles. The van der Waals surface area contributed by atoms with Gasteiger partial charge in [0.05, 0.1) is 12.4 Å². The number of aromatic nitrogens is 5. The van der Waals surface area contributed by atoms with E-state index < -0.39 is 11.9 Å². The number of alkyl halides is 3. The molecule has 8 nitrogen and oxygen atoms in total. The van der Waals surface area contributed by atoms with Crippen LogP contribution in [0.2, 0.25) is 0 Å².